The SMILES string of the molecule is C=C1CCC2C(C)(C(=O)OC)CCCC2(C)C1CCC(C)CC=O. The minimum absolute atomic E-state index is 0.0426. The first-order valence-electron chi connectivity index (χ1n) is 9.49. The van der Waals surface area contributed by atoms with Gasteiger partial charge in [0.15, 0.2) is 0 Å². The highest BCUT2D eigenvalue weighted by Gasteiger charge is 2.57. The van der Waals surface area contributed by atoms with E-state index in [1.807, 2.05) is 0 Å². The normalized spacial score (nSPS) is 37.4. The van der Waals surface area contributed by atoms with E-state index in [2.05, 4.69) is 27.4 Å². The van der Waals surface area contributed by atoms with Gasteiger partial charge in [0.2, 0.25) is 0 Å². The van der Waals surface area contributed by atoms with Crippen LogP contribution >= 0.6 is 0 Å². The Labute approximate surface area is 147 Å². The number of methoxy groups -OCH3 is 1. The molecule has 0 aromatic carbocycles. The van der Waals surface area contributed by atoms with Crippen LogP contribution in [0.25, 0.3) is 0 Å². The van der Waals surface area contributed by atoms with E-state index in [9.17, 15) is 9.59 Å². The first kappa shape index (κ1) is 19.2. The third kappa shape index (κ3) is 3.32. The molecule has 0 amide bonds. The van der Waals surface area contributed by atoms with Crippen molar-refractivity contribution in [3.05, 3.63) is 12.2 Å². The van der Waals surface area contributed by atoms with E-state index >= 15 is 0 Å². The van der Waals surface area contributed by atoms with Crippen LogP contribution in [-0.2, 0) is 14.3 Å². The molecule has 24 heavy (non-hydrogen) atoms. The first-order chi connectivity index (χ1) is 11.3. The van der Waals surface area contributed by atoms with Crippen molar-refractivity contribution in [3.8, 4) is 0 Å². The highest BCUT2D eigenvalue weighted by atomic mass is 16.5. The van der Waals surface area contributed by atoms with Crippen molar-refractivity contribution >= 4 is 12.3 Å². The summed E-state index contributed by atoms with van der Waals surface area (Å²) >= 11 is 0. The summed E-state index contributed by atoms with van der Waals surface area (Å²) in [5, 5.41) is 0. The average molecular weight is 335 g/mol. The summed E-state index contributed by atoms with van der Waals surface area (Å²) in [7, 11) is 1.51. The van der Waals surface area contributed by atoms with Gasteiger partial charge >= 0.3 is 5.97 Å². The molecule has 0 radical (unpaired) electrons. The molecular formula is C21H34O3. The second-order valence-corrected chi connectivity index (χ2v) is 8.66. The number of allylic oxidation sites excluding steroid dienone is 1. The van der Waals surface area contributed by atoms with Crippen molar-refractivity contribution in [1.29, 1.82) is 0 Å². The van der Waals surface area contributed by atoms with Crippen LogP contribution in [0.2, 0.25) is 0 Å². The Morgan fingerprint density at radius 1 is 1.42 bits per heavy atom. The van der Waals surface area contributed by atoms with Crippen LogP contribution < -0.4 is 0 Å². The Kier molecular flexibility index (Phi) is 5.93. The van der Waals surface area contributed by atoms with Gasteiger partial charge in [-0.1, -0.05) is 32.4 Å². The fourth-order valence-electron chi connectivity index (χ4n) is 5.69. The lowest BCUT2D eigenvalue weighted by atomic mass is 9.46. The van der Waals surface area contributed by atoms with Crippen LogP contribution in [0.15, 0.2) is 12.2 Å². The van der Waals surface area contributed by atoms with Crippen LogP contribution in [0.3, 0.4) is 0 Å². The van der Waals surface area contributed by atoms with Gasteiger partial charge in [-0.15, -0.1) is 0 Å². The minimum atomic E-state index is -0.366. The van der Waals surface area contributed by atoms with E-state index in [4.69, 9.17) is 4.74 Å². The fourth-order valence-corrected chi connectivity index (χ4v) is 5.69. The van der Waals surface area contributed by atoms with Crippen molar-refractivity contribution in [2.24, 2.45) is 28.6 Å². The van der Waals surface area contributed by atoms with Crippen LogP contribution in [-0.4, -0.2) is 19.4 Å². The van der Waals surface area contributed by atoms with Crippen molar-refractivity contribution in [2.75, 3.05) is 7.11 Å². The maximum Gasteiger partial charge on any atom is 0.311 e. The second-order valence-electron chi connectivity index (χ2n) is 8.66. The Morgan fingerprint density at radius 3 is 2.75 bits per heavy atom. The van der Waals surface area contributed by atoms with Gasteiger partial charge in [0.25, 0.3) is 0 Å². The van der Waals surface area contributed by atoms with E-state index in [1.165, 1.54) is 12.7 Å². The molecule has 2 saturated carbocycles. The summed E-state index contributed by atoms with van der Waals surface area (Å²) in [5.41, 5.74) is 1.10. The number of fused-ring (bicyclic) bond motifs is 1. The van der Waals surface area contributed by atoms with E-state index in [1.54, 1.807) is 0 Å². The van der Waals surface area contributed by atoms with Gasteiger partial charge in [-0.3, -0.25) is 4.79 Å². The third-order valence-electron chi connectivity index (χ3n) is 7.12. The molecule has 2 aliphatic rings. The van der Waals surface area contributed by atoms with Gasteiger partial charge in [-0.2, -0.15) is 0 Å². The van der Waals surface area contributed by atoms with Crippen LogP contribution in [0.5, 0.6) is 0 Å². The quantitative estimate of drug-likeness (QED) is 0.392. The molecule has 2 aliphatic carbocycles. The molecular weight excluding hydrogens is 300 g/mol. The molecule has 0 bridgehead atoms. The van der Waals surface area contributed by atoms with Crippen LogP contribution in [0.1, 0.15) is 72.1 Å². The molecule has 5 unspecified atom stereocenters. The largest absolute Gasteiger partial charge is 0.469 e. The summed E-state index contributed by atoms with van der Waals surface area (Å²) in [5.74, 6) is 1.20. The maximum absolute atomic E-state index is 12.5. The number of carbonyl (C=O) groups is 2. The van der Waals surface area contributed by atoms with Gasteiger partial charge in [0.1, 0.15) is 6.29 Å². The summed E-state index contributed by atoms with van der Waals surface area (Å²) in [6.45, 7) is 11.0. The van der Waals surface area contributed by atoms with Crippen molar-refractivity contribution < 1.29 is 14.3 Å². The molecule has 3 nitrogen and oxygen atoms in total. The number of aldehydes is 1. The number of hydrogen-bond acceptors (Lipinski definition) is 3. The van der Waals surface area contributed by atoms with Crippen LogP contribution in [0.4, 0.5) is 0 Å². The van der Waals surface area contributed by atoms with Crippen LogP contribution in [0, 0.1) is 28.6 Å². The Balaban J connectivity index is 2.24. The predicted octanol–water partition coefficient (Wildman–Crippen LogP) is 4.94. The van der Waals surface area contributed by atoms with Crippen molar-refractivity contribution in [3.63, 3.8) is 0 Å². The lowest BCUT2D eigenvalue weighted by molar-refractivity contribution is -0.168. The predicted molar refractivity (Wildman–Crippen MR) is 96.5 cm³/mol. The molecule has 0 heterocycles. The molecule has 5 atom stereocenters. The number of hydrogen-bond donors (Lipinski definition) is 0. The Hall–Kier alpha value is -1.12. The first-order valence-corrected chi connectivity index (χ1v) is 9.49. The average Bonchev–Trinajstić information content (AvgIpc) is 2.53. The van der Waals surface area contributed by atoms with E-state index in [0.29, 0.717) is 24.2 Å². The Morgan fingerprint density at radius 2 is 2.12 bits per heavy atom. The molecule has 2 fully saturated rings. The lowest BCUT2D eigenvalue weighted by Gasteiger charge is -2.57. The smallest absolute Gasteiger partial charge is 0.311 e. The minimum Gasteiger partial charge on any atom is -0.469 e. The highest BCUT2D eigenvalue weighted by molar-refractivity contribution is 5.77. The summed E-state index contributed by atoms with van der Waals surface area (Å²) in [4.78, 5) is 23.3. The zero-order valence-corrected chi connectivity index (χ0v) is 15.9. The van der Waals surface area contributed by atoms with E-state index in [0.717, 1.165) is 51.2 Å². The van der Waals surface area contributed by atoms with Crippen molar-refractivity contribution in [1.82, 2.24) is 0 Å². The summed E-state index contributed by atoms with van der Waals surface area (Å²) < 4.78 is 5.18. The molecule has 0 N–H and O–H groups in total. The molecule has 3 heteroatoms. The third-order valence-corrected chi connectivity index (χ3v) is 7.12. The van der Waals surface area contributed by atoms with Crippen molar-refractivity contribution in [2.45, 2.75) is 72.1 Å². The number of carbonyl (C=O) groups excluding carboxylic acids is 2. The number of ether oxygens (including phenoxy) is 1. The highest BCUT2D eigenvalue weighted by Crippen LogP contribution is 2.62. The lowest BCUT2D eigenvalue weighted by Crippen LogP contribution is -2.53. The van der Waals surface area contributed by atoms with Gasteiger partial charge in [0, 0.05) is 6.42 Å². The topological polar surface area (TPSA) is 43.4 Å². The molecule has 0 aliphatic heterocycles. The maximum atomic E-state index is 12.5. The van der Waals surface area contributed by atoms with Gasteiger partial charge in [-0.05, 0) is 68.6 Å². The Bertz CT molecular complexity index is 497. The zero-order chi connectivity index (χ0) is 18.0. The zero-order valence-electron chi connectivity index (χ0n) is 15.9. The molecule has 2 rings (SSSR count). The number of esters is 1. The van der Waals surface area contributed by atoms with Gasteiger partial charge < -0.3 is 9.53 Å². The molecule has 0 saturated heterocycles. The monoisotopic (exact) mass is 334 g/mol. The molecule has 0 aromatic heterocycles. The summed E-state index contributed by atoms with van der Waals surface area (Å²) in [6, 6.07) is 0. The molecule has 0 aromatic rings. The molecule has 0 spiro atoms. The van der Waals surface area contributed by atoms with Gasteiger partial charge in [-0.25, -0.2) is 0 Å². The molecule has 136 valence electrons. The van der Waals surface area contributed by atoms with Gasteiger partial charge in [0.05, 0.1) is 12.5 Å². The number of rotatable bonds is 6. The second kappa shape index (κ2) is 7.41. The summed E-state index contributed by atoms with van der Waals surface area (Å²) in [6.07, 6.45) is 9.03. The van der Waals surface area contributed by atoms with E-state index in [-0.39, 0.29) is 16.8 Å². The fraction of sp³-hybridized carbons (Fsp3) is 0.810. The van der Waals surface area contributed by atoms with E-state index < -0.39 is 0 Å². The standard InChI is InChI=1S/C21H34O3/c1-15(11-14-22)7-9-17-16(2)8-10-18-20(17,3)12-6-13-21(18,4)19(23)24-5/h14-15,17-18H,2,6-13H2,1,3-5H3.